The zero-order valence-corrected chi connectivity index (χ0v) is 13.8. The summed E-state index contributed by atoms with van der Waals surface area (Å²) in [7, 11) is 0. The van der Waals surface area contributed by atoms with E-state index >= 15 is 0 Å². The van der Waals surface area contributed by atoms with Crippen LogP contribution < -0.4 is 5.32 Å². The Balaban J connectivity index is 1.48. The third kappa shape index (κ3) is 4.54. The third-order valence-corrected chi connectivity index (χ3v) is 4.66. The van der Waals surface area contributed by atoms with Gasteiger partial charge < -0.3 is 10.2 Å². The average Bonchev–Trinajstić information content (AvgIpc) is 2.87. The summed E-state index contributed by atoms with van der Waals surface area (Å²) in [6.07, 6.45) is 3.86. The largest absolute Gasteiger partial charge is 0.350 e. The molecule has 0 aromatic heterocycles. The average molecular weight is 333 g/mol. The number of hydrogen-bond acceptors (Lipinski definition) is 3. The Hall–Kier alpha value is -1.95. The molecule has 0 unspecified atom stereocenters. The molecule has 2 aliphatic heterocycles. The van der Waals surface area contributed by atoms with E-state index in [1.807, 2.05) is 0 Å². The molecule has 2 aliphatic rings. The number of nitrogens with one attached hydrogen (secondary N) is 1. The zero-order valence-electron chi connectivity index (χ0n) is 13.8. The van der Waals surface area contributed by atoms with Crippen molar-refractivity contribution in [2.24, 2.45) is 0 Å². The lowest BCUT2D eigenvalue weighted by Crippen LogP contribution is -2.44. The van der Waals surface area contributed by atoms with Crippen LogP contribution in [0.3, 0.4) is 0 Å². The number of benzene rings is 1. The summed E-state index contributed by atoms with van der Waals surface area (Å²) in [5.41, 5.74) is 0.767. The number of likely N-dealkylation sites (tertiary alicyclic amines) is 2. The normalized spacial score (nSPS) is 22.0. The van der Waals surface area contributed by atoms with E-state index in [0.29, 0.717) is 26.1 Å². The molecule has 1 N–H and O–H groups in total. The summed E-state index contributed by atoms with van der Waals surface area (Å²) in [5.74, 6) is -0.310. The maximum atomic E-state index is 13.2. The van der Waals surface area contributed by atoms with Crippen LogP contribution in [-0.2, 0) is 16.1 Å². The van der Waals surface area contributed by atoms with Crippen molar-refractivity contribution in [2.75, 3.05) is 26.2 Å². The molecule has 1 atom stereocenters. The van der Waals surface area contributed by atoms with E-state index in [1.54, 1.807) is 17.0 Å². The number of amides is 2. The first-order valence-electron chi connectivity index (χ1n) is 8.64. The number of halogens is 1. The van der Waals surface area contributed by atoms with Crippen LogP contribution in [0.5, 0.6) is 0 Å². The molecule has 2 saturated heterocycles. The molecular weight excluding hydrogens is 309 g/mol. The molecule has 24 heavy (non-hydrogen) atoms. The Morgan fingerprint density at radius 2 is 2.04 bits per heavy atom. The second-order valence-corrected chi connectivity index (χ2v) is 6.71. The first kappa shape index (κ1) is 16.9. The van der Waals surface area contributed by atoms with E-state index in [9.17, 15) is 14.0 Å². The molecular formula is C18H24FN3O2. The highest BCUT2D eigenvalue weighted by Crippen LogP contribution is 2.16. The number of rotatable bonds is 5. The van der Waals surface area contributed by atoms with Gasteiger partial charge in [0.05, 0.1) is 12.6 Å². The van der Waals surface area contributed by atoms with Gasteiger partial charge in [-0.25, -0.2) is 4.39 Å². The Bertz CT molecular complexity index is 602. The lowest BCUT2D eigenvalue weighted by molar-refractivity contribution is -0.128. The van der Waals surface area contributed by atoms with Crippen molar-refractivity contribution in [2.45, 2.75) is 38.3 Å². The second kappa shape index (κ2) is 7.75. The van der Waals surface area contributed by atoms with Crippen molar-refractivity contribution in [3.63, 3.8) is 0 Å². The van der Waals surface area contributed by atoms with Crippen molar-refractivity contribution in [3.05, 3.63) is 35.6 Å². The quantitative estimate of drug-likeness (QED) is 0.889. The number of carbonyl (C=O) groups excluding carboxylic acids is 2. The molecule has 130 valence electrons. The first-order valence-corrected chi connectivity index (χ1v) is 8.64. The van der Waals surface area contributed by atoms with Crippen molar-refractivity contribution < 1.29 is 14.0 Å². The highest BCUT2D eigenvalue weighted by atomic mass is 19.1. The monoisotopic (exact) mass is 333 g/mol. The molecule has 0 saturated carbocycles. The molecule has 1 aromatic carbocycles. The van der Waals surface area contributed by atoms with E-state index in [2.05, 4.69) is 10.2 Å². The minimum absolute atomic E-state index is 0.00235. The van der Waals surface area contributed by atoms with Crippen LogP contribution in [0.4, 0.5) is 4.39 Å². The highest BCUT2D eigenvalue weighted by Gasteiger charge is 2.30. The van der Waals surface area contributed by atoms with Gasteiger partial charge in [-0.1, -0.05) is 18.6 Å². The Labute approximate surface area is 141 Å². The topological polar surface area (TPSA) is 52.7 Å². The molecule has 3 rings (SSSR count). The van der Waals surface area contributed by atoms with E-state index in [4.69, 9.17) is 0 Å². The van der Waals surface area contributed by atoms with Crippen LogP contribution in [-0.4, -0.2) is 53.8 Å². The van der Waals surface area contributed by atoms with E-state index < -0.39 is 0 Å². The van der Waals surface area contributed by atoms with Crippen molar-refractivity contribution in [3.8, 4) is 0 Å². The molecule has 0 spiro atoms. The van der Waals surface area contributed by atoms with Crippen molar-refractivity contribution >= 4 is 11.8 Å². The smallest absolute Gasteiger partial charge is 0.234 e. The standard InChI is InChI=1S/C18H24FN3O2/c19-15-6-4-5-14(9-15)11-22-12-16(10-18(22)24)20-17(23)13-21-7-2-1-3-8-21/h4-6,9,16H,1-3,7-8,10-13H2,(H,20,23)/t16-/m0/s1. The summed E-state index contributed by atoms with van der Waals surface area (Å²) in [4.78, 5) is 28.1. The van der Waals surface area contributed by atoms with Crippen LogP contribution >= 0.6 is 0 Å². The lowest BCUT2D eigenvalue weighted by atomic mass is 10.1. The summed E-state index contributed by atoms with van der Waals surface area (Å²) in [6.45, 7) is 3.23. The fourth-order valence-corrected chi connectivity index (χ4v) is 3.47. The predicted octanol–water partition coefficient (Wildman–Crippen LogP) is 1.53. The summed E-state index contributed by atoms with van der Waals surface area (Å²) >= 11 is 0. The summed E-state index contributed by atoms with van der Waals surface area (Å²) in [6, 6.07) is 6.12. The van der Waals surface area contributed by atoms with Crippen LogP contribution in [0.25, 0.3) is 0 Å². The Morgan fingerprint density at radius 3 is 2.79 bits per heavy atom. The molecule has 0 aliphatic carbocycles. The maximum Gasteiger partial charge on any atom is 0.234 e. The Kier molecular flexibility index (Phi) is 5.45. The van der Waals surface area contributed by atoms with Crippen LogP contribution in [0.2, 0.25) is 0 Å². The van der Waals surface area contributed by atoms with Crippen molar-refractivity contribution in [1.82, 2.24) is 15.1 Å². The number of nitrogens with zero attached hydrogens (tertiary/aromatic N) is 2. The maximum absolute atomic E-state index is 13.2. The molecule has 5 nitrogen and oxygen atoms in total. The van der Waals surface area contributed by atoms with Gasteiger partial charge in [0, 0.05) is 19.5 Å². The van der Waals surface area contributed by atoms with Crippen molar-refractivity contribution in [1.29, 1.82) is 0 Å². The van der Waals surface area contributed by atoms with E-state index in [0.717, 1.165) is 31.5 Å². The van der Waals surface area contributed by atoms with E-state index in [-0.39, 0.29) is 23.7 Å². The molecule has 2 heterocycles. The van der Waals surface area contributed by atoms with Gasteiger partial charge in [0.25, 0.3) is 0 Å². The number of piperidine rings is 1. The van der Waals surface area contributed by atoms with Gasteiger partial charge in [0.15, 0.2) is 0 Å². The van der Waals surface area contributed by atoms with Gasteiger partial charge in [0.1, 0.15) is 5.82 Å². The third-order valence-electron chi connectivity index (χ3n) is 4.66. The molecule has 0 bridgehead atoms. The van der Waals surface area contributed by atoms with E-state index in [1.165, 1.54) is 18.6 Å². The predicted molar refractivity (Wildman–Crippen MR) is 88.7 cm³/mol. The summed E-state index contributed by atoms with van der Waals surface area (Å²) in [5, 5.41) is 2.97. The van der Waals surface area contributed by atoms with Gasteiger partial charge in [-0.3, -0.25) is 14.5 Å². The fraction of sp³-hybridized carbons (Fsp3) is 0.556. The SMILES string of the molecule is O=C(CN1CCCCC1)N[C@H]1CC(=O)N(Cc2cccc(F)c2)C1. The fourth-order valence-electron chi connectivity index (χ4n) is 3.47. The first-order chi connectivity index (χ1) is 11.6. The van der Waals surface area contributed by atoms with Gasteiger partial charge in [-0.05, 0) is 43.6 Å². The van der Waals surface area contributed by atoms with Gasteiger partial charge >= 0.3 is 0 Å². The van der Waals surface area contributed by atoms with Gasteiger partial charge in [0.2, 0.25) is 11.8 Å². The minimum Gasteiger partial charge on any atom is -0.350 e. The van der Waals surface area contributed by atoms with Crippen LogP contribution in [0.15, 0.2) is 24.3 Å². The molecule has 1 aromatic rings. The van der Waals surface area contributed by atoms with Crippen LogP contribution in [0, 0.1) is 5.82 Å². The second-order valence-electron chi connectivity index (χ2n) is 6.71. The minimum atomic E-state index is -0.300. The zero-order chi connectivity index (χ0) is 16.9. The van der Waals surface area contributed by atoms with Gasteiger partial charge in [-0.15, -0.1) is 0 Å². The van der Waals surface area contributed by atoms with Crippen LogP contribution in [0.1, 0.15) is 31.2 Å². The number of carbonyl (C=O) groups is 2. The molecule has 2 fully saturated rings. The lowest BCUT2D eigenvalue weighted by Gasteiger charge is -2.26. The van der Waals surface area contributed by atoms with Gasteiger partial charge in [-0.2, -0.15) is 0 Å². The summed E-state index contributed by atoms with van der Waals surface area (Å²) < 4.78 is 13.2. The highest BCUT2D eigenvalue weighted by molar-refractivity contribution is 5.83. The Morgan fingerprint density at radius 1 is 1.25 bits per heavy atom. The molecule has 6 heteroatoms. The number of hydrogen-bond donors (Lipinski definition) is 1. The molecule has 0 radical (unpaired) electrons. The molecule has 2 amide bonds.